The molecule has 0 aliphatic rings. The lowest BCUT2D eigenvalue weighted by atomic mass is 10.1. The van der Waals surface area contributed by atoms with Crippen LogP contribution in [0.1, 0.15) is 43.1 Å². The molecule has 10 heteroatoms. The highest BCUT2D eigenvalue weighted by Gasteiger charge is 2.30. The first-order chi connectivity index (χ1) is 16.5. The van der Waals surface area contributed by atoms with Gasteiger partial charge in [0.05, 0.1) is 19.1 Å². The molecule has 0 radical (unpaired) electrons. The molecule has 2 aromatic carbocycles. The van der Waals surface area contributed by atoms with E-state index in [1.807, 2.05) is 6.92 Å². The number of nitrogens with zero attached hydrogens (tertiary/aromatic N) is 2. The summed E-state index contributed by atoms with van der Waals surface area (Å²) in [5, 5.41) is 2.78. The molecule has 2 rings (SSSR count). The van der Waals surface area contributed by atoms with Gasteiger partial charge in [0.2, 0.25) is 21.8 Å². The summed E-state index contributed by atoms with van der Waals surface area (Å²) in [6.07, 6.45) is 1.72. The van der Waals surface area contributed by atoms with Gasteiger partial charge in [-0.3, -0.25) is 18.7 Å². The van der Waals surface area contributed by atoms with Gasteiger partial charge in [-0.25, -0.2) is 8.42 Å². The van der Waals surface area contributed by atoms with Crippen molar-refractivity contribution in [1.82, 2.24) is 10.2 Å². The van der Waals surface area contributed by atoms with Crippen molar-refractivity contribution >= 4 is 33.3 Å². The first kappa shape index (κ1) is 27.8. The van der Waals surface area contributed by atoms with Gasteiger partial charge in [0.25, 0.3) is 0 Å². The minimum atomic E-state index is -3.88. The van der Waals surface area contributed by atoms with E-state index in [1.54, 1.807) is 43.3 Å². The second-order valence-electron chi connectivity index (χ2n) is 8.22. The predicted molar refractivity (Wildman–Crippen MR) is 135 cm³/mol. The van der Waals surface area contributed by atoms with E-state index in [4.69, 9.17) is 4.74 Å². The van der Waals surface area contributed by atoms with Crippen LogP contribution in [0, 0.1) is 0 Å². The number of anilines is 1. The maximum atomic E-state index is 13.5. The fraction of sp³-hybridized carbons (Fsp3) is 0.400. The van der Waals surface area contributed by atoms with Gasteiger partial charge in [0, 0.05) is 18.7 Å². The molecule has 35 heavy (non-hydrogen) atoms. The van der Waals surface area contributed by atoms with Crippen molar-refractivity contribution < 1.29 is 27.5 Å². The third-order valence-electron chi connectivity index (χ3n) is 5.42. The Morgan fingerprint density at radius 3 is 2.37 bits per heavy atom. The Labute approximate surface area is 207 Å². The number of carbonyl (C=O) groups excluding carboxylic acids is 3. The number of hydrogen-bond acceptors (Lipinski definition) is 6. The van der Waals surface area contributed by atoms with E-state index in [0.29, 0.717) is 17.9 Å². The topological polar surface area (TPSA) is 113 Å². The van der Waals surface area contributed by atoms with Gasteiger partial charge in [0.1, 0.15) is 18.3 Å². The highest BCUT2D eigenvalue weighted by molar-refractivity contribution is 7.92. The standard InChI is InChI=1S/C25H33N3O6S/c1-6-13-26-25(31)18(2)27(16-20-9-7-12-23(14-20)34-4)24(30)17-28(35(5,32)33)22-11-8-10-21(15-22)19(3)29/h7-12,14-15,18H,6,13,16-17H2,1-5H3,(H,26,31)/t18-/m0/s1. The molecular weight excluding hydrogens is 470 g/mol. The first-order valence-electron chi connectivity index (χ1n) is 11.3. The average Bonchev–Trinajstić information content (AvgIpc) is 2.83. The lowest BCUT2D eigenvalue weighted by Gasteiger charge is -2.31. The van der Waals surface area contributed by atoms with Crippen LogP contribution in [0.15, 0.2) is 48.5 Å². The molecule has 0 saturated heterocycles. The fourth-order valence-corrected chi connectivity index (χ4v) is 4.28. The number of hydrogen-bond donors (Lipinski definition) is 1. The van der Waals surface area contributed by atoms with Crippen molar-refractivity contribution in [2.75, 3.05) is 30.8 Å². The molecule has 0 aliphatic heterocycles. The van der Waals surface area contributed by atoms with Crippen LogP contribution in [-0.4, -0.2) is 63.4 Å². The molecule has 0 bridgehead atoms. The van der Waals surface area contributed by atoms with E-state index in [0.717, 1.165) is 22.5 Å². The molecule has 0 aliphatic carbocycles. The van der Waals surface area contributed by atoms with Gasteiger partial charge in [-0.05, 0) is 50.1 Å². The molecule has 2 aromatic rings. The predicted octanol–water partition coefficient (Wildman–Crippen LogP) is 2.61. The molecule has 0 fully saturated rings. The third-order valence-corrected chi connectivity index (χ3v) is 6.56. The van der Waals surface area contributed by atoms with Gasteiger partial charge in [-0.2, -0.15) is 0 Å². The number of rotatable bonds is 12. The Morgan fingerprint density at radius 2 is 1.77 bits per heavy atom. The summed E-state index contributed by atoms with van der Waals surface area (Å²) in [5.74, 6) is -0.539. The lowest BCUT2D eigenvalue weighted by molar-refractivity contribution is -0.139. The summed E-state index contributed by atoms with van der Waals surface area (Å²) in [6, 6.07) is 12.3. The van der Waals surface area contributed by atoms with Gasteiger partial charge in [-0.1, -0.05) is 31.2 Å². The minimum Gasteiger partial charge on any atom is -0.497 e. The molecule has 1 N–H and O–H groups in total. The van der Waals surface area contributed by atoms with Crippen LogP contribution >= 0.6 is 0 Å². The van der Waals surface area contributed by atoms with Gasteiger partial charge in [-0.15, -0.1) is 0 Å². The number of ketones is 1. The second-order valence-corrected chi connectivity index (χ2v) is 10.1. The van der Waals surface area contributed by atoms with Crippen molar-refractivity contribution in [1.29, 1.82) is 0 Å². The van der Waals surface area contributed by atoms with Crippen LogP contribution in [0.5, 0.6) is 5.75 Å². The smallest absolute Gasteiger partial charge is 0.244 e. The maximum Gasteiger partial charge on any atom is 0.244 e. The number of sulfonamides is 1. The average molecular weight is 504 g/mol. The van der Waals surface area contributed by atoms with Gasteiger partial charge >= 0.3 is 0 Å². The summed E-state index contributed by atoms with van der Waals surface area (Å²) in [6.45, 7) is 4.89. The Bertz CT molecular complexity index is 1170. The third kappa shape index (κ3) is 7.81. The maximum absolute atomic E-state index is 13.5. The Kier molecular flexibility index (Phi) is 9.82. The number of Topliss-reactive ketones (excluding diaryl/α,β-unsaturated/α-hetero) is 1. The van der Waals surface area contributed by atoms with Crippen molar-refractivity contribution in [3.63, 3.8) is 0 Å². The first-order valence-corrected chi connectivity index (χ1v) is 13.1. The minimum absolute atomic E-state index is 0.0713. The van der Waals surface area contributed by atoms with Gasteiger partial charge < -0.3 is 15.0 Å². The van der Waals surface area contributed by atoms with Crippen molar-refractivity contribution in [3.05, 3.63) is 59.7 Å². The summed E-state index contributed by atoms with van der Waals surface area (Å²) >= 11 is 0. The normalized spacial score (nSPS) is 11.9. The summed E-state index contributed by atoms with van der Waals surface area (Å²) < 4.78 is 31.5. The molecule has 0 saturated carbocycles. The molecule has 0 heterocycles. The molecule has 190 valence electrons. The molecule has 0 spiro atoms. The van der Waals surface area contributed by atoms with E-state index in [-0.39, 0.29) is 23.9 Å². The van der Waals surface area contributed by atoms with Crippen LogP contribution in [0.4, 0.5) is 5.69 Å². The number of amides is 2. The van der Waals surface area contributed by atoms with E-state index >= 15 is 0 Å². The molecular formula is C25H33N3O6S. The molecule has 0 unspecified atom stereocenters. The van der Waals surface area contributed by atoms with E-state index in [2.05, 4.69) is 5.32 Å². The van der Waals surface area contributed by atoms with Crippen LogP contribution in [0.25, 0.3) is 0 Å². The zero-order valence-electron chi connectivity index (χ0n) is 20.8. The zero-order chi connectivity index (χ0) is 26.2. The fourth-order valence-electron chi connectivity index (χ4n) is 3.44. The van der Waals surface area contributed by atoms with E-state index < -0.39 is 28.5 Å². The number of carbonyl (C=O) groups is 3. The number of benzene rings is 2. The van der Waals surface area contributed by atoms with E-state index in [9.17, 15) is 22.8 Å². The highest BCUT2D eigenvalue weighted by atomic mass is 32.2. The summed E-state index contributed by atoms with van der Waals surface area (Å²) in [5.41, 5.74) is 1.24. The van der Waals surface area contributed by atoms with Crippen LogP contribution < -0.4 is 14.4 Å². The number of ether oxygens (including phenoxy) is 1. The Hall–Kier alpha value is -3.40. The SMILES string of the molecule is CCCNC(=O)[C@H](C)N(Cc1cccc(OC)c1)C(=O)CN(c1cccc(C(C)=O)c1)S(C)(=O)=O. The molecule has 2 amide bonds. The molecule has 0 aromatic heterocycles. The summed E-state index contributed by atoms with van der Waals surface area (Å²) in [7, 11) is -2.35. The van der Waals surface area contributed by atoms with Gasteiger partial charge in [0.15, 0.2) is 5.78 Å². The summed E-state index contributed by atoms with van der Waals surface area (Å²) in [4.78, 5) is 39.4. The van der Waals surface area contributed by atoms with E-state index in [1.165, 1.54) is 31.1 Å². The largest absolute Gasteiger partial charge is 0.497 e. The van der Waals surface area contributed by atoms with Crippen LogP contribution in [0.2, 0.25) is 0 Å². The number of methoxy groups -OCH3 is 1. The monoisotopic (exact) mass is 503 g/mol. The van der Waals surface area contributed by atoms with Crippen LogP contribution in [-0.2, 0) is 26.2 Å². The number of nitrogens with one attached hydrogen (secondary N) is 1. The zero-order valence-corrected chi connectivity index (χ0v) is 21.6. The highest BCUT2D eigenvalue weighted by Crippen LogP contribution is 2.21. The second kappa shape index (κ2) is 12.3. The Balaban J connectivity index is 2.42. The quantitative estimate of drug-likeness (QED) is 0.446. The van der Waals surface area contributed by atoms with Crippen LogP contribution in [0.3, 0.4) is 0 Å². The molecule has 9 nitrogen and oxygen atoms in total. The van der Waals surface area contributed by atoms with Crippen molar-refractivity contribution in [2.45, 2.75) is 39.8 Å². The Morgan fingerprint density at radius 1 is 1.09 bits per heavy atom. The molecule has 1 atom stereocenters. The van der Waals surface area contributed by atoms with Crippen molar-refractivity contribution in [2.24, 2.45) is 0 Å². The van der Waals surface area contributed by atoms with Crippen molar-refractivity contribution in [3.8, 4) is 5.75 Å². The lowest BCUT2D eigenvalue weighted by Crippen LogP contribution is -2.51.